The van der Waals surface area contributed by atoms with Crippen LogP contribution in [0.1, 0.15) is 19.5 Å². The SMILES string of the molecule is C[C@@H]1CN(c2nccc(C(F)(F)F)n2)CCN1.C[C@H]1CNCCN1. The van der Waals surface area contributed by atoms with Crippen LogP contribution in [0, 0.1) is 0 Å². The fourth-order valence-corrected chi connectivity index (χ4v) is 2.57. The second-order valence-electron chi connectivity index (χ2n) is 6.10. The lowest BCUT2D eigenvalue weighted by atomic mass is 10.2. The summed E-state index contributed by atoms with van der Waals surface area (Å²) in [6.07, 6.45) is -3.27. The van der Waals surface area contributed by atoms with Gasteiger partial charge >= 0.3 is 6.18 Å². The molecule has 6 nitrogen and oxygen atoms in total. The van der Waals surface area contributed by atoms with Crippen LogP contribution in [0.15, 0.2) is 12.3 Å². The molecule has 0 aliphatic carbocycles. The maximum Gasteiger partial charge on any atom is 0.433 e. The van der Waals surface area contributed by atoms with Crippen molar-refractivity contribution in [3.8, 4) is 0 Å². The first-order valence-electron chi connectivity index (χ1n) is 8.19. The van der Waals surface area contributed by atoms with Crippen molar-refractivity contribution < 1.29 is 13.2 Å². The summed E-state index contributed by atoms with van der Waals surface area (Å²) in [5.41, 5.74) is -0.895. The standard InChI is InChI=1S/C10H13F3N4.C5H12N2/c1-7-6-17(5-4-14-7)9-15-3-2-8(16-9)10(11,12)13;1-5-4-6-2-3-7-5/h2-3,7,14H,4-6H2,1H3;5-7H,2-4H2,1H3/t7-;5-/m10/s1. The zero-order valence-corrected chi connectivity index (χ0v) is 14.0. The van der Waals surface area contributed by atoms with E-state index in [9.17, 15) is 13.2 Å². The molecule has 0 amide bonds. The Bertz CT molecular complexity index is 504. The summed E-state index contributed by atoms with van der Waals surface area (Å²) < 4.78 is 37.5. The summed E-state index contributed by atoms with van der Waals surface area (Å²) in [7, 11) is 0. The van der Waals surface area contributed by atoms with Crippen LogP contribution in [0.25, 0.3) is 0 Å². The van der Waals surface area contributed by atoms with Crippen LogP contribution in [0.2, 0.25) is 0 Å². The van der Waals surface area contributed by atoms with Crippen molar-refractivity contribution in [2.24, 2.45) is 0 Å². The van der Waals surface area contributed by atoms with Crippen molar-refractivity contribution in [1.82, 2.24) is 25.9 Å². The first-order chi connectivity index (χ1) is 11.4. The predicted octanol–water partition coefficient (Wildman–Crippen LogP) is 0.861. The van der Waals surface area contributed by atoms with E-state index < -0.39 is 11.9 Å². The van der Waals surface area contributed by atoms with Gasteiger partial charge in [-0.05, 0) is 19.9 Å². The van der Waals surface area contributed by atoms with E-state index in [4.69, 9.17) is 0 Å². The van der Waals surface area contributed by atoms with Crippen molar-refractivity contribution in [2.45, 2.75) is 32.1 Å². The lowest BCUT2D eigenvalue weighted by Gasteiger charge is -2.31. The van der Waals surface area contributed by atoms with Gasteiger partial charge in [0.25, 0.3) is 0 Å². The number of aromatic nitrogens is 2. The molecule has 0 aromatic carbocycles. The molecule has 2 saturated heterocycles. The number of nitrogens with zero attached hydrogens (tertiary/aromatic N) is 3. The average molecular weight is 346 g/mol. The Morgan fingerprint density at radius 2 is 1.88 bits per heavy atom. The van der Waals surface area contributed by atoms with Gasteiger partial charge in [0.1, 0.15) is 5.69 Å². The number of hydrogen-bond donors (Lipinski definition) is 3. The van der Waals surface area contributed by atoms with E-state index >= 15 is 0 Å². The molecule has 1 aromatic rings. The van der Waals surface area contributed by atoms with Crippen molar-refractivity contribution in [3.05, 3.63) is 18.0 Å². The lowest BCUT2D eigenvalue weighted by molar-refractivity contribution is -0.141. The summed E-state index contributed by atoms with van der Waals surface area (Å²) in [6, 6.07) is 1.78. The molecule has 0 spiro atoms. The monoisotopic (exact) mass is 346 g/mol. The minimum Gasteiger partial charge on any atom is -0.338 e. The van der Waals surface area contributed by atoms with Crippen LogP contribution >= 0.6 is 0 Å². The molecule has 2 fully saturated rings. The van der Waals surface area contributed by atoms with Crippen LogP contribution in [-0.2, 0) is 6.18 Å². The second-order valence-corrected chi connectivity index (χ2v) is 6.10. The fourth-order valence-electron chi connectivity index (χ4n) is 2.57. The predicted molar refractivity (Wildman–Crippen MR) is 87.0 cm³/mol. The van der Waals surface area contributed by atoms with Gasteiger partial charge in [0.2, 0.25) is 5.95 Å². The van der Waals surface area contributed by atoms with Crippen molar-refractivity contribution in [3.63, 3.8) is 0 Å². The molecule has 0 unspecified atom stereocenters. The van der Waals surface area contributed by atoms with Gasteiger partial charge in [-0.2, -0.15) is 13.2 Å². The van der Waals surface area contributed by atoms with Gasteiger partial charge < -0.3 is 20.9 Å². The van der Waals surface area contributed by atoms with Crippen LogP contribution in [0.4, 0.5) is 19.1 Å². The van der Waals surface area contributed by atoms with Gasteiger partial charge in [-0.15, -0.1) is 0 Å². The Hall–Kier alpha value is -1.45. The molecule has 3 heterocycles. The molecule has 3 N–H and O–H groups in total. The van der Waals surface area contributed by atoms with Gasteiger partial charge in [0, 0.05) is 57.5 Å². The van der Waals surface area contributed by atoms with Gasteiger partial charge in [0.05, 0.1) is 0 Å². The molecular weight excluding hydrogens is 321 g/mol. The molecule has 2 aliphatic rings. The summed E-state index contributed by atoms with van der Waals surface area (Å²) in [6.45, 7) is 9.49. The summed E-state index contributed by atoms with van der Waals surface area (Å²) in [5.74, 6) is 0.146. The molecular formula is C15H25F3N6. The Balaban J connectivity index is 0.000000249. The number of rotatable bonds is 1. The first-order valence-corrected chi connectivity index (χ1v) is 8.19. The maximum atomic E-state index is 12.5. The molecule has 2 aliphatic heterocycles. The number of nitrogens with one attached hydrogen (secondary N) is 3. The Labute approximate surface area is 140 Å². The molecule has 0 saturated carbocycles. The topological polar surface area (TPSA) is 65.1 Å². The van der Waals surface area contributed by atoms with Crippen LogP contribution in [0.3, 0.4) is 0 Å². The second kappa shape index (κ2) is 8.59. The summed E-state index contributed by atoms with van der Waals surface area (Å²) >= 11 is 0. The number of piperazine rings is 2. The third-order valence-electron chi connectivity index (χ3n) is 3.83. The fraction of sp³-hybridized carbons (Fsp3) is 0.733. The number of alkyl halides is 3. The van der Waals surface area contributed by atoms with E-state index in [1.807, 2.05) is 6.92 Å². The van der Waals surface area contributed by atoms with E-state index in [-0.39, 0.29) is 12.0 Å². The van der Waals surface area contributed by atoms with Crippen LogP contribution in [0.5, 0.6) is 0 Å². The third kappa shape index (κ3) is 5.88. The van der Waals surface area contributed by atoms with E-state index in [1.165, 1.54) is 0 Å². The Morgan fingerprint density at radius 3 is 2.42 bits per heavy atom. The van der Waals surface area contributed by atoms with Gasteiger partial charge in [0.15, 0.2) is 0 Å². The molecule has 0 bridgehead atoms. The number of halogens is 3. The summed E-state index contributed by atoms with van der Waals surface area (Å²) in [5, 5.41) is 9.80. The summed E-state index contributed by atoms with van der Waals surface area (Å²) in [4.78, 5) is 9.22. The zero-order chi connectivity index (χ0) is 17.6. The van der Waals surface area contributed by atoms with Crippen molar-refractivity contribution >= 4 is 5.95 Å². The molecule has 3 rings (SSSR count). The highest BCUT2D eigenvalue weighted by Gasteiger charge is 2.33. The molecule has 136 valence electrons. The van der Waals surface area contributed by atoms with Crippen LogP contribution in [-0.4, -0.2) is 61.3 Å². The minimum absolute atomic E-state index is 0.146. The van der Waals surface area contributed by atoms with E-state index in [1.54, 1.807) is 4.90 Å². The largest absolute Gasteiger partial charge is 0.433 e. The zero-order valence-electron chi connectivity index (χ0n) is 14.0. The highest BCUT2D eigenvalue weighted by Crippen LogP contribution is 2.28. The van der Waals surface area contributed by atoms with Crippen molar-refractivity contribution in [1.29, 1.82) is 0 Å². The smallest absolute Gasteiger partial charge is 0.338 e. The molecule has 2 atom stereocenters. The highest BCUT2D eigenvalue weighted by atomic mass is 19.4. The first kappa shape index (κ1) is 18.9. The van der Waals surface area contributed by atoms with E-state index in [2.05, 4.69) is 32.8 Å². The number of anilines is 1. The number of hydrogen-bond acceptors (Lipinski definition) is 6. The average Bonchev–Trinajstić information content (AvgIpc) is 2.55. The van der Waals surface area contributed by atoms with Crippen LogP contribution < -0.4 is 20.9 Å². The van der Waals surface area contributed by atoms with Gasteiger partial charge in [-0.25, -0.2) is 9.97 Å². The molecule has 24 heavy (non-hydrogen) atoms. The molecule has 1 aromatic heterocycles. The van der Waals surface area contributed by atoms with E-state index in [0.29, 0.717) is 19.1 Å². The maximum absolute atomic E-state index is 12.5. The Morgan fingerprint density at radius 1 is 1.12 bits per heavy atom. The Kier molecular flexibility index (Phi) is 6.76. The van der Waals surface area contributed by atoms with Gasteiger partial charge in [-0.1, -0.05) is 0 Å². The lowest BCUT2D eigenvalue weighted by Crippen LogP contribution is -2.49. The quantitative estimate of drug-likeness (QED) is 0.701. The molecule has 9 heteroatoms. The highest BCUT2D eigenvalue weighted by molar-refractivity contribution is 5.32. The van der Waals surface area contributed by atoms with Gasteiger partial charge in [-0.3, -0.25) is 0 Å². The normalized spacial score (nSPS) is 25.0. The van der Waals surface area contributed by atoms with E-state index in [0.717, 1.165) is 38.4 Å². The third-order valence-corrected chi connectivity index (χ3v) is 3.83. The minimum atomic E-state index is -4.42. The van der Waals surface area contributed by atoms with Crippen molar-refractivity contribution in [2.75, 3.05) is 44.2 Å². The molecule has 0 radical (unpaired) electrons.